The van der Waals surface area contributed by atoms with E-state index in [1.807, 2.05) is 0 Å². The number of nitrogens with one attached hydrogen (secondary N) is 2. The first-order valence-electron chi connectivity index (χ1n) is 11.5. The zero-order valence-corrected chi connectivity index (χ0v) is 18.6. The molecule has 4 aromatic carbocycles. The van der Waals surface area contributed by atoms with Gasteiger partial charge in [0, 0.05) is 13.1 Å². The van der Waals surface area contributed by atoms with E-state index in [0.717, 1.165) is 39.0 Å². The van der Waals surface area contributed by atoms with Crippen molar-refractivity contribution >= 4 is 0 Å². The first kappa shape index (κ1) is 22.0. The molecule has 0 radical (unpaired) electrons. The van der Waals surface area contributed by atoms with Gasteiger partial charge >= 0.3 is 0 Å². The average molecular weight is 421 g/mol. The molecule has 0 atom stereocenters. The summed E-state index contributed by atoms with van der Waals surface area (Å²) in [6.45, 7) is 3.71. The normalized spacial score (nSPS) is 10.9. The molecule has 0 amide bonds. The summed E-state index contributed by atoms with van der Waals surface area (Å²) in [5, 5.41) is 7.26. The van der Waals surface area contributed by atoms with Crippen LogP contribution >= 0.6 is 0 Å². The van der Waals surface area contributed by atoms with Crippen LogP contribution in [0.3, 0.4) is 0 Å². The third kappa shape index (κ3) is 6.65. The minimum atomic E-state index is 0.870. The second kappa shape index (κ2) is 12.0. The van der Waals surface area contributed by atoms with Gasteiger partial charge in [-0.3, -0.25) is 0 Å². The van der Waals surface area contributed by atoms with Crippen molar-refractivity contribution in [2.45, 2.75) is 25.9 Å². The molecule has 32 heavy (non-hydrogen) atoms. The van der Waals surface area contributed by atoms with E-state index in [2.05, 4.69) is 120 Å². The lowest BCUT2D eigenvalue weighted by atomic mass is 9.97. The molecule has 0 aliphatic rings. The lowest BCUT2D eigenvalue weighted by Gasteiger charge is -2.14. The molecule has 4 rings (SSSR count). The largest absolute Gasteiger partial charge is 0.312 e. The van der Waals surface area contributed by atoms with Crippen LogP contribution in [-0.4, -0.2) is 13.1 Å². The van der Waals surface area contributed by atoms with Crippen LogP contribution in [0.25, 0.3) is 11.1 Å². The molecule has 0 bridgehead atoms. The summed E-state index contributed by atoms with van der Waals surface area (Å²) in [7, 11) is 0. The lowest BCUT2D eigenvalue weighted by Crippen LogP contribution is -2.19. The molecular formula is C30H32N2. The highest BCUT2D eigenvalue weighted by atomic mass is 14.9. The van der Waals surface area contributed by atoms with Crippen LogP contribution in [0.4, 0.5) is 0 Å². The van der Waals surface area contributed by atoms with Crippen molar-refractivity contribution in [3.8, 4) is 11.1 Å². The summed E-state index contributed by atoms with van der Waals surface area (Å²) in [4.78, 5) is 0. The minimum Gasteiger partial charge on any atom is -0.312 e. The van der Waals surface area contributed by atoms with Gasteiger partial charge in [-0.1, -0.05) is 109 Å². The fraction of sp³-hybridized carbons (Fsp3) is 0.200. The van der Waals surface area contributed by atoms with E-state index in [4.69, 9.17) is 0 Å². The summed E-state index contributed by atoms with van der Waals surface area (Å²) >= 11 is 0. The molecule has 0 aliphatic heterocycles. The molecule has 2 heteroatoms. The molecule has 2 nitrogen and oxygen atoms in total. The molecule has 2 N–H and O–H groups in total. The zero-order chi connectivity index (χ0) is 21.8. The Morgan fingerprint density at radius 3 is 1.59 bits per heavy atom. The van der Waals surface area contributed by atoms with Crippen LogP contribution in [0.2, 0.25) is 0 Å². The number of benzene rings is 4. The van der Waals surface area contributed by atoms with Gasteiger partial charge in [0.2, 0.25) is 0 Å². The van der Waals surface area contributed by atoms with Gasteiger partial charge in [-0.2, -0.15) is 0 Å². The zero-order valence-electron chi connectivity index (χ0n) is 18.6. The number of hydrogen-bond acceptors (Lipinski definition) is 2. The molecule has 0 aliphatic carbocycles. The summed E-state index contributed by atoms with van der Waals surface area (Å²) in [5.41, 5.74) is 8.02. The van der Waals surface area contributed by atoms with Crippen LogP contribution in [0.15, 0.2) is 109 Å². The Labute approximate surface area is 192 Å². The van der Waals surface area contributed by atoms with Gasteiger partial charge in [0.1, 0.15) is 0 Å². The van der Waals surface area contributed by atoms with Gasteiger partial charge in [-0.25, -0.2) is 0 Å². The van der Waals surface area contributed by atoms with Crippen LogP contribution in [0, 0.1) is 0 Å². The van der Waals surface area contributed by atoms with Gasteiger partial charge in [-0.15, -0.1) is 0 Å². The van der Waals surface area contributed by atoms with E-state index in [1.165, 1.54) is 33.4 Å². The smallest absolute Gasteiger partial charge is 0.0211 e. The van der Waals surface area contributed by atoms with Gasteiger partial charge in [-0.05, 0) is 59.3 Å². The Kier molecular flexibility index (Phi) is 8.25. The van der Waals surface area contributed by atoms with E-state index < -0.39 is 0 Å². The average Bonchev–Trinajstić information content (AvgIpc) is 2.86. The first-order chi connectivity index (χ1) is 15.9. The Hall–Kier alpha value is -3.20. The van der Waals surface area contributed by atoms with Crippen molar-refractivity contribution in [3.05, 3.63) is 131 Å². The molecular weight excluding hydrogens is 388 g/mol. The third-order valence-electron chi connectivity index (χ3n) is 5.77. The fourth-order valence-corrected chi connectivity index (χ4v) is 4.01. The van der Waals surface area contributed by atoms with E-state index in [9.17, 15) is 0 Å². The van der Waals surface area contributed by atoms with E-state index in [0.29, 0.717) is 0 Å². The minimum absolute atomic E-state index is 0.870. The maximum absolute atomic E-state index is 3.66. The predicted octanol–water partition coefficient (Wildman–Crippen LogP) is 6.02. The Morgan fingerprint density at radius 1 is 0.469 bits per heavy atom. The van der Waals surface area contributed by atoms with Gasteiger partial charge < -0.3 is 10.6 Å². The molecule has 162 valence electrons. The number of hydrogen-bond donors (Lipinski definition) is 2. The molecule has 0 aromatic heterocycles. The van der Waals surface area contributed by atoms with Gasteiger partial charge in [0.25, 0.3) is 0 Å². The Balaban J connectivity index is 1.37. The third-order valence-corrected chi connectivity index (χ3v) is 5.77. The molecule has 0 saturated heterocycles. The number of rotatable bonds is 11. The predicted molar refractivity (Wildman–Crippen MR) is 136 cm³/mol. The maximum Gasteiger partial charge on any atom is 0.0211 e. The molecule has 4 aromatic rings. The van der Waals surface area contributed by atoms with Crippen molar-refractivity contribution in [1.82, 2.24) is 10.6 Å². The summed E-state index contributed by atoms with van der Waals surface area (Å²) in [5.74, 6) is 0. The highest BCUT2D eigenvalue weighted by Gasteiger charge is 2.07. The first-order valence-corrected chi connectivity index (χ1v) is 11.5. The van der Waals surface area contributed by atoms with Crippen LogP contribution < -0.4 is 10.6 Å². The van der Waals surface area contributed by atoms with E-state index in [1.54, 1.807) is 0 Å². The highest BCUT2D eigenvalue weighted by molar-refractivity contribution is 5.67. The summed E-state index contributed by atoms with van der Waals surface area (Å²) < 4.78 is 0. The van der Waals surface area contributed by atoms with Crippen molar-refractivity contribution in [3.63, 3.8) is 0 Å². The molecule has 0 saturated carbocycles. The maximum atomic E-state index is 3.66. The quantitative estimate of drug-likeness (QED) is 0.290. The fourth-order valence-electron chi connectivity index (χ4n) is 4.01. The van der Waals surface area contributed by atoms with Crippen LogP contribution in [0.5, 0.6) is 0 Å². The van der Waals surface area contributed by atoms with Crippen LogP contribution in [-0.2, 0) is 25.9 Å². The molecule has 0 fully saturated rings. The second-order valence-corrected chi connectivity index (χ2v) is 8.18. The molecule has 0 spiro atoms. The van der Waals surface area contributed by atoms with Crippen LogP contribution in [0.1, 0.15) is 22.3 Å². The molecule has 0 unspecified atom stereocenters. The standard InChI is InChI=1S/C30H32N2/c1-4-10-25(11-5-1)18-20-31-23-27-16-17-30(28-14-8-3-9-15-28)29(22-27)24-32-21-19-26-12-6-2-7-13-26/h1-17,22,31-32H,18-21,23-24H2. The van der Waals surface area contributed by atoms with Gasteiger partial charge in [0.05, 0.1) is 0 Å². The van der Waals surface area contributed by atoms with E-state index in [-0.39, 0.29) is 0 Å². The van der Waals surface area contributed by atoms with Crippen molar-refractivity contribution in [2.24, 2.45) is 0 Å². The van der Waals surface area contributed by atoms with Crippen molar-refractivity contribution in [2.75, 3.05) is 13.1 Å². The Morgan fingerprint density at radius 2 is 1.00 bits per heavy atom. The molecule has 0 heterocycles. The van der Waals surface area contributed by atoms with Crippen molar-refractivity contribution in [1.29, 1.82) is 0 Å². The van der Waals surface area contributed by atoms with Gasteiger partial charge in [0.15, 0.2) is 0 Å². The monoisotopic (exact) mass is 420 g/mol. The highest BCUT2D eigenvalue weighted by Crippen LogP contribution is 2.25. The Bertz CT molecular complexity index is 1060. The summed E-state index contributed by atoms with van der Waals surface area (Å²) in [6, 6.07) is 38.9. The van der Waals surface area contributed by atoms with E-state index >= 15 is 0 Å². The lowest BCUT2D eigenvalue weighted by molar-refractivity contribution is 0.676. The summed E-state index contributed by atoms with van der Waals surface area (Å²) in [6.07, 6.45) is 2.10. The topological polar surface area (TPSA) is 24.1 Å². The van der Waals surface area contributed by atoms with Crippen molar-refractivity contribution < 1.29 is 0 Å². The second-order valence-electron chi connectivity index (χ2n) is 8.18. The SMILES string of the molecule is c1ccc(CCNCc2ccc(-c3ccccc3)c(CNCCc3ccccc3)c2)cc1.